The lowest BCUT2D eigenvalue weighted by Gasteiger charge is -2.19. The van der Waals surface area contributed by atoms with Crippen LogP contribution in [0.5, 0.6) is 11.5 Å². The quantitative estimate of drug-likeness (QED) is 0.556. The van der Waals surface area contributed by atoms with Gasteiger partial charge in [-0.2, -0.15) is 0 Å². The Morgan fingerprint density at radius 3 is 2.09 bits per heavy atom. The molecule has 0 bridgehead atoms. The van der Waals surface area contributed by atoms with Gasteiger partial charge in [0.15, 0.2) is 0 Å². The van der Waals surface area contributed by atoms with E-state index < -0.39 is 0 Å². The fraction of sp³-hybridized carbons (Fsp3) is 0.182. The summed E-state index contributed by atoms with van der Waals surface area (Å²) in [6.45, 7) is 6.64. The Labute approximate surface area is 138 Å². The molecule has 0 unspecified atom stereocenters. The summed E-state index contributed by atoms with van der Waals surface area (Å²) in [6, 6.07) is 27.4. The van der Waals surface area contributed by atoms with Crippen molar-refractivity contribution in [2.45, 2.75) is 26.2 Å². The zero-order valence-electron chi connectivity index (χ0n) is 13.8. The molecule has 0 aliphatic carbocycles. The number of para-hydroxylation sites is 1. The summed E-state index contributed by atoms with van der Waals surface area (Å²) in [4.78, 5) is 0. The molecule has 3 rings (SSSR count). The summed E-state index contributed by atoms with van der Waals surface area (Å²) in [6.07, 6.45) is 0. The van der Waals surface area contributed by atoms with Gasteiger partial charge < -0.3 is 4.74 Å². The molecular formula is C22H21O. The highest BCUT2D eigenvalue weighted by molar-refractivity contribution is 5.70. The van der Waals surface area contributed by atoms with Crippen molar-refractivity contribution in [3.05, 3.63) is 84.4 Å². The average molecular weight is 301 g/mol. The van der Waals surface area contributed by atoms with E-state index >= 15 is 0 Å². The molecule has 3 aromatic carbocycles. The van der Waals surface area contributed by atoms with Gasteiger partial charge >= 0.3 is 0 Å². The highest BCUT2D eigenvalue weighted by Crippen LogP contribution is 2.33. The molecule has 0 atom stereocenters. The van der Waals surface area contributed by atoms with Gasteiger partial charge in [0.25, 0.3) is 0 Å². The topological polar surface area (TPSA) is 9.23 Å². The maximum atomic E-state index is 6.12. The first-order valence-corrected chi connectivity index (χ1v) is 7.88. The molecule has 3 aromatic rings. The van der Waals surface area contributed by atoms with Crippen molar-refractivity contribution in [2.24, 2.45) is 0 Å². The highest BCUT2D eigenvalue weighted by atomic mass is 16.5. The summed E-state index contributed by atoms with van der Waals surface area (Å²) in [5, 5.41) is 0. The average Bonchev–Trinajstić information content (AvgIpc) is 2.56. The minimum absolute atomic E-state index is 0.150. The number of rotatable bonds is 3. The molecule has 1 heteroatoms. The third-order valence-corrected chi connectivity index (χ3v) is 3.86. The Kier molecular flexibility index (Phi) is 4.20. The Balaban J connectivity index is 1.89. The van der Waals surface area contributed by atoms with Crippen molar-refractivity contribution >= 4 is 0 Å². The van der Waals surface area contributed by atoms with Gasteiger partial charge in [-0.25, -0.2) is 0 Å². The van der Waals surface area contributed by atoms with Crippen LogP contribution in [-0.2, 0) is 5.41 Å². The lowest BCUT2D eigenvalue weighted by Crippen LogP contribution is -2.10. The third-order valence-electron chi connectivity index (χ3n) is 3.86. The van der Waals surface area contributed by atoms with Gasteiger partial charge in [0.05, 0.1) is 0 Å². The molecule has 0 spiro atoms. The molecular weight excluding hydrogens is 280 g/mol. The fourth-order valence-electron chi connectivity index (χ4n) is 2.51. The fourth-order valence-corrected chi connectivity index (χ4v) is 2.51. The van der Waals surface area contributed by atoms with Gasteiger partial charge in [0, 0.05) is 5.56 Å². The third kappa shape index (κ3) is 3.62. The van der Waals surface area contributed by atoms with Gasteiger partial charge in [-0.3, -0.25) is 0 Å². The van der Waals surface area contributed by atoms with Crippen LogP contribution in [-0.4, -0.2) is 0 Å². The van der Waals surface area contributed by atoms with Crippen LogP contribution in [0.15, 0.2) is 72.8 Å². The van der Waals surface area contributed by atoms with E-state index in [0.29, 0.717) is 0 Å². The van der Waals surface area contributed by atoms with E-state index in [-0.39, 0.29) is 5.41 Å². The molecule has 1 nitrogen and oxygen atoms in total. The number of benzene rings is 3. The van der Waals surface area contributed by atoms with Crippen molar-refractivity contribution in [1.82, 2.24) is 0 Å². The summed E-state index contributed by atoms with van der Waals surface area (Å²) in [5.41, 5.74) is 3.67. The first kappa shape index (κ1) is 15.4. The predicted molar refractivity (Wildman–Crippen MR) is 95.9 cm³/mol. The second-order valence-corrected chi connectivity index (χ2v) is 6.66. The SMILES string of the molecule is CC(C)(C)c1ccc(Oc2ccccc2-c2cc[c]cc2)cc1. The van der Waals surface area contributed by atoms with Crippen molar-refractivity contribution in [3.8, 4) is 22.6 Å². The predicted octanol–water partition coefficient (Wildman–Crippen LogP) is 6.24. The van der Waals surface area contributed by atoms with Crippen molar-refractivity contribution < 1.29 is 4.74 Å². The summed E-state index contributed by atoms with van der Waals surface area (Å²) < 4.78 is 6.12. The summed E-state index contributed by atoms with van der Waals surface area (Å²) in [7, 11) is 0. The summed E-state index contributed by atoms with van der Waals surface area (Å²) in [5.74, 6) is 1.72. The van der Waals surface area contributed by atoms with E-state index in [1.807, 2.05) is 54.6 Å². The molecule has 0 aromatic heterocycles. The molecule has 0 N–H and O–H groups in total. The zero-order chi connectivity index (χ0) is 16.3. The number of hydrogen-bond donors (Lipinski definition) is 0. The van der Waals surface area contributed by atoms with Gasteiger partial charge in [-0.15, -0.1) is 0 Å². The Morgan fingerprint density at radius 1 is 0.783 bits per heavy atom. The van der Waals surface area contributed by atoms with Crippen LogP contribution in [0.3, 0.4) is 0 Å². The first-order chi connectivity index (χ1) is 11.0. The second kappa shape index (κ2) is 6.29. The maximum absolute atomic E-state index is 6.12. The monoisotopic (exact) mass is 301 g/mol. The normalized spacial score (nSPS) is 11.3. The molecule has 0 heterocycles. The maximum Gasteiger partial charge on any atom is 0.135 e. The van der Waals surface area contributed by atoms with Crippen molar-refractivity contribution in [2.75, 3.05) is 0 Å². The van der Waals surface area contributed by atoms with E-state index in [1.54, 1.807) is 0 Å². The van der Waals surface area contributed by atoms with E-state index in [2.05, 4.69) is 45.0 Å². The van der Waals surface area contributed by atoms with Gasteiger partial charge in [0.1, 0.15) is 11.5 Å². The summed E-state index contributed by atoms with van der Waals surface area (Å²) >= 11 is 0. The minimum Gasteiger partial charge on any atom is -0.457 e. The first-order valence-electron chi connectivity index (χ1n) is 7.88. The largest absolute Gasteiger partial charge is 0.457 e. The number of hydrogen-bond acceptors (Lipinski definition) is 1. The van der Waals surface area contributed by atoms with Crippen LogP contribution < -0.4 is 4.74 Å². The highest BCUT2D eigenvalue weighted by Gasteiger charge is 2.13. The van der Waals surface area contributed by atoms with Crippen molar-refractivity contribution in [1.29, 1.82) is 0 Å². The van der Waals surface area contributed by atoms with Crippen LogP contribution in [0.4, 0.5) is 0 Å². The van der Waals surface area contributed by atoms with E-state index in [0.717, 1.165) is 22.6 Å². The van der Waals surface area contributed by atoms with Gasteiger partial charge in [0.2, 0.25) is 0 Å². The van der Waals surface area contributed by atoms with Crippen LogP contribution >= 0.6 is 0 Å². The Hall–Kier alpha value is -2.54. The van der Waals surface area contributed by atoms with E-state index in [9.17, 15) is 0 Å². The Morgan fingerprint density at radius 2 is 1.43 bits per heavy atom. The molecule has 0 saturated heterocycles. The van der Waals surface area contributed by atoms with Crippen LogP contribution in [0, 0.1) is 6.07 Å². The van der Waals surface area contributed by atoms with Crippen LogP contribution in [0.25, 0.3) is 11.1 Å². The van der Waals surface area contributed by atoms with E-state index in [1.165, 1.54) is 5.56 Å². The molecule has 0 aliphatic rings. The van der Waals surface area contributed by atoms with Crippen molar-refractivity contribution in [3.63, 3.8) is 0 Å². The molecule has 23 heavy (non-hydrogen) atoms. The standard InChI is InChI=1S/C22H21O/c1-22(2,3)18-13-15-19(16-14-18)23-21-12-8-7-11-20(21)17-9-5-4-6-10-17/h5-16H,1-3H3. The van der Waals surface area contributed by atoms with Gasteiger partial charge in [-0.05, 0) is 40.8 Å². The molecule has 115 valence electrons. The zero-order valence-corrected chi connectivity index (χ0v) is 13.8. The van der Waals surface area contributed by atoms with Gasteiger partial charge in [-0.1, -0.05) is 75.4 Å². The smallest absolute Gasteiger partial charge is 0.135 e. The molecule has 0 aliphatic heterocycles. The van der Waals surface area contributed by atoms with Crippen LogP contribution in [0.2, 0.25) is 0 Å². The Bertz CT molecular complexity index is 765. The second-order valence-electron chi connectivity index (χ2n) is 6.66. The lowest BCUT2D eigenvalue weighted by molar-refractivity contribution is 0.483. The lowest BCUT2D eigenvalue weighted by atomic mass is 9.87. The minimum atomic E-state index is 0.150. The van der Waals surface area contributed by atoms with E-state index in [4.69, 9.17) is 4.74 Å². The number of ether oxygens (including phenoxy) is 1. The molecule has 1 radical (unpaired) electrons. The molecule has 0 amide bonds. The molecule has 0 saturated carbocycles. The molecule has 0 fully saturated rings. The van der Waals surface area contributed by atoms with Crippen LogP contribution in [0.1, 0.15) is 26.3 Å².